The largest absolute Gasteiger partial charge is 0.345 e. The number of rotatable bonds is 5. The van der Waals surface area contributed by atoms with Gasteiger partial charge < -0.3 is 5.32 Å². The SMILES string of the molecule is CCn1cc(Br)c(CNC(=O)c2ccnn2CC)n1. The van der Waals surface area contributed by atoms with Gasteiger partial charge in [-0.2, -0.15) is 10.2 Å². The molecular formula is C12H16BrN5O. The minimum Gasteiger partial charge on any atom is -0.345 e. The van der Waals surface area contributed by atoms with Gasteiger partial charge in [-0.15, -0.1) is 0 Å². The highest BCUT2D eigenvalue weighted by molar-refractivity contribution is 9.10. The zero-order valence-corrected chi connectivity index (χ0v) is 12.5. The summed E-state index contributed by atoms with van der Waals surface area (Å²) in [7, 11) is 0. The topological polar surface area (TPSA) is 64.7 Å². The smallest absolute Gasteiger partial charge is 0.269 e. The molecule has 102 valence electrons. The third-order valence-electron chi connectivity index (χ3n) is 2.78. The number of carbonyl (C=O) groups excluding carboxylic acids is 1. The van der Waals surface area contributed by atoms with E-state index in [-0.39, 0.29) is 5.91 Å². The molecule has 7 heteroatoms. The van der Waals surface area contributed by atoms with Crippen LogP contribution in [0.4, 0.5) is 0 Å². The van der Waals surface area contributed by atoms with E-state index >= 15 is 0 Å². The average Bonchev–Trinajstić information content (AvgIpc) is 3.02. The van der Waals surface area contributed by atoms with Crippen LogP contribution in [-0.2, 0) is 19.6 Å². The third kappa shape index (κ3) is 3.04. The molecule has 6 nitrogen and oxygen atoms in total. The van der Waals surface area contributed by atoms with Gasteiger partial charge in [0.25, 0.3) is 5.91 Å². The highest BCUT2D eigenvalue weighted by Gasteiger charge is 2.12. The Morgan fingerprint density at radius 2 is 2.21 bits per heavy atom. The van der Waals surface area contributed by atoms with Crippen molar-refractivity contribution in [3.8, 4) is 0 Å². The third-order valence-corrected chi connectivity index (χ3v) is 3.44. The number of hydrogen-bond acceptors (Lipinski definition) is 3. The molecule has 0 bridgehead atoms. The summed E-state index contributed by atoms with van der Waals surface area (Å²) in [4.78, 5) is 12.0. The van der Waals surface area contributed by atoms with Crippen LogP contribution in [0.5, 0.6) is 0 Å². The quantitative estimate of drug-likeness (QED) is 0.911. The molecule has 0 radical (unpaired) electrons. The molecule has 2 rings (SSSR count). The first kappa shape index (κ1) is 13.8. The van der Waals surface area contributed by atoms with E-state index in [1.54, 1.807) is 16.9 Å². The Morgan fingerprint density at radius 3 is 2.84 bits per heavy atom. The fourth-order valence-electron chi connectivity index (χ4n) is 1.75. The first-order valence-corrected chi connectivity index (χ1v) is 6.96. The maximum absolute atomic E-state index is 12.0. The predicted molar refractivity (Wildman–Crippen MR) is 74.7 cm³/mol. The van der Waals surface area contributed by atoms with Crippen molar-refractivity contribution < 1.29 is 4.79 Å². The summed E-state index contributed by atoms with van der Waals surface area (Å²) < 4.78 is 4.38. The molecule has 0 unspecified atom stereocenters. The van der Waals surface area contributed by atoms with Crippen molar-refractivity contribution in [1.29, 1.82) is 0 Å². The van der Waals surface area contributed by atoms with E-state index in [1.165, 1.54) is 0 Å². The van der Waals surface area contributed by atoms with Crippen molar-refractivity contribution in [3.05, 3.63) is 34.3 Å². The first-order chi connectivity index (χ1) is 9.15. The summed E-state index contributed by atoms with van der Waals surface area (Å²) in [6.07, 6.45) is 3.53. The molecular weight excluding hydrogens is 310 g/mol. The molecule has 19 heavy (non-hydrogen) atoms. The number of halogens is 1. The van der Waals surface area contributed by atoms with Crippen molar-refractivity contribution in [1.82, 2.24) is 24.9 Å². The highest BCUT2D eigenvalue weighted by Crippen LogP contribution is 2.14. The molecule has 2 aromatic rings. The van der Waals surface area contributed by atoms with Crippen molar-refractivity contribution in [3.63, 3.8) is 0 Å². The Balaban J connectivity index is 2.02. The Hall–Kier alpha value is -1.63. The van der Waals surface area contributed by atoms with Gasteiger partial charge in [-0.1, -0.05) is 0 Å². The van der Waals surface area contributed by atoms with Crippen LogP contribution in [0.1, 0.15) is 30.0 Å². The van der Waals surface area contributed by atoms with Crippen LogP contribution in [0, 0.1) is 0 Å². The van der Waals surface area contributed by atoms with E-state index < -0.39 is 0 Å². The van der Waals surface area contributed by atoms with Crippen LogP contribution < -0.4 is 5.32 Å². The maximum atomic E-state index is 12.0. The zero-order chi connectivity index (χ0) is 13.8. The van der Waals surface area contributed by atoms with Gasteiger partial charge in [-0.3, -0.25) is 14.2 Å². The number of aromatic nitrogens is 4. The van der Waals surface area contributed by atoms with E-state index in [2.05, 4.69) is 31.4 Å². The van der Waals surface area contributed by atoms with Crippen LogP contribution in [0.15, 0.2) is 22.9 Å². The molecule has 0 aliphatic carbocycles. The molecule has 0 fully saturated rings. The zero-order valence-electron chi connectivity index (χ0n) is 10.9. The fraction of sp³-hybridized carbons (Fsp3) is 0.417. The van der Waals surface area contributed by atoms with Gasteiger partial charge in [0.1, 0.15) is 5.69 Å². The minimum absolute atomic E-state index is 0.141. The van der Waals surface area contributed by atoms with E-state index in [4.69, 9.17) is 0 Å². The fourth-order valence-corrected chi connectivity index (χ4v) is 2.21. The number of hydrogen-bond donors (Lipinski definition) is 1. The van der Waals surface area contributed by atoms with Crippen LogP contribution in [0.25, 0.3) is 0 Å². The molecule has 1 N–H and O–H groups in total. The first-order valence-electron chi connectivity index (χ1n) is 6.17. The van der Waals surface area contributed by atoms with Gasteiger partial charge in [0.15, 0.2) is 0 Å². The number of nitrogens with zero attached hydrogens (tertiary/aromatic N) is 4. The second-order valence-electron chi connectivity index (χ2n) is 3.99. The van der Waals surface area contributed by atoms with Gasteiger partial charge in [0, 0.05) is 25.5 Å². The van der Waals surface area contributed by atoms with Gasteiger partial charge in [0.05, 0.1) is 16.7 Å². The number of aryl methyl sites for hydroxylation is 2. The summed E-state index contributed by atoms with van der Waals surface area (Å²) in [5.74, 6) is -0.141. The molecule has 0 aromatic carbocycles. The molecule has 0 saturated heterocycles. The lowest BCUT2D eigenvalue weighted by Gasteiger charge is -2.05. The molecule has 0 aliphatic heterocycles. The van der Waals surface area contributed by atoms with E-state index in [9.17, 15) is 4.79 Å². The van der Waals surface area contributed by atoms with E-state index in [1.807, 2.05) is 24.7 Å². The van der Waals surface area contributed by atoms with Crippen LogP contribution in [-0.4, -0.2) is 25.5 Å². The monoisotopic (exact) mass is 325 g/mol. The highest BCUT2D eigenvalue weighted by atomic mass is 79.9. The Labute approximate surface area is 119 Å². The van der Waals surface area contributed by atoms with Gasteiger partial charge in [-0.25, -0.2) is 0 Å². The predicted octanol–water partition coefficient (Wildman–Crippen LogP) is 1.81. The summed E-state index contributed by atoms with van der Waals surface area (Å²) in [5, 5.41) is 11.3. The van der Waals surface area contributed by atoms with Crippen LogP contribution >= 0.6 is 15.9 Å². The summed E-state index contributed by atoms with van der Waals surface area (Å²) >= 11 is 3.43. The second-order valence-corrected chi connectivity index (χ2v) is 4.85. The number of carbonyl (C=O) groups is 1. The van der Waals surface area contributed by atoms with Gasteiger partial charge in [0.2, 0.25) is 0 Å². The van der Waals surface area contributed by atoms with Gasteiger partial charge in [-0.05, 0) is 35.8 Å². The van der Waals surface area contributed by atoms with Crippen molar-refractivity contribution >= 4 is 21.8 Å². The summed E-state index contributed by atoms with van der Waals surface area (Å²) in [6, 6.07) is 1.71. The van der Waals surface area contributed by atoms with Crippen molar-refractivity contribution in [2.24, 2.45) is 0 Å². The molecule has 2 aromatic heterocycles. The molecule has 0 aliphatic rings. The molecule has 0 spiro atoms. The maximum Gasteiger partial charge on any atom is 0.269 e. The molecule has 0 saturated carbocycles. The second kappa shape index (κ2) is 6.01. The van der Waals surface area contributed by atoms with Crippen molar-refractivity contribution in [2.75, 3.05) is 0 Å². The minimum atomic E-state index is -0.141. The van der Waals surface area contributed by atoms with Crippen LogP contribution in [0.3, 0.4) is 0 Å². The Kier molecular flexibility index (Phi) is 4.36. The lowest BCUT2D eigenvalue weighted by atomic mass is 10.3. The normalized spacial score (nSPS) is 10.7. The standard InChI is InChI=1S/C12H16BrN5O/c1-3-17-8-9(13)10(16-17)7-14-12(19)11-5-6-15-18(11)4-2/h5-6,8H,3-4,7H2,1-2H3,(H,14,19). The van der Waals surface area contributed by atoms with E-state index in [0.29, 0.717) is 18.8 Å². The lowest BCUT2D eigenvalue weighted by Crippen LogP contribution is -2.26. The summed E-state index contributed by atoms with van der Waals surface area (Å²) in [5.41, 5.74) is 1.38. The average molecular weight is 326 g/mol. The number of nitrogens with one attached hydrogen (secondary N) is 1. The number of amides is 1. The van der Waals surface area contributed by atoms with E-state index in [0.717, 1.165) is 16.7 Å². The van der Waals surface area contributed by atoms with Crippen LogP contribution in [0.2, 0.25) is 0 Å². The molecule has 2 heterocycles. The summed E-state index contributed by atoms with van der Waals surface area (Å²) in [6.45, 7) is 5.82. The molecule has 0 atom stereocenters. The lowest BCUT2D eigenvalue weighted by molar-refractivity contribution is 0.0939. The van der Waals surface area contributed by atoms with Crippen molar-refractivity contribution in [2.45, 2.75) is 33.5 Å². The Bertz CT molecular complexity index is 574. The Morgan fingerprint density at radius 1 is 1.42 bits per heavy atom. The molecule has 1 amide bonds. The van der Waals surface area contributed by atoms with Gasteiger partial charge >= 0.3 is 0 Å².